The van der Waals surface area contributed by atoms with E-state index in [0.29, 0.717) is 0 Å². The van der Waals surface area contributed by atoms with Crippen LogP contribution in [0.15, 0.2) is 0 Å². The van der Waals surface area contributed by atoms with E-state index < -0.39 is 0 Å². The third kappa shape index (κ3) is 4.46. The van der Waals surface area contributed by atoms with Gasteiger partial charge < -0.3 is 10.2 Å². The molecule has 2 heteroatoms. The zero-order valence-electron chi connectivity index (χ0n) is 12.4. The first-order valence-electron chi connectivity index (χ1n) is 8.50. The number of hydrogen-bond donors (Lipinski definition) is 2. The van der Waals surface area contributed by atoms with Crippen LogP contribution in [0, 0.1) is 17.3 Å². The zero-order valence-corrected chi connectivity index (χ0v) is 12.4. The summed E-state index contributed by atoms with van der Waals surface area (Å²) in [5, 5.41) is 19.8. The molecule has 2 rings (SSSR count). The lowest BCUT2D eigenvalue weighted by molar-refractivity contribution is 0.00385. The molecule has 2 fully saturated rings. The highest BCUT2D eigenvalue weighted by molar-refractivity contribution is 4.85. The molecule has 0 aromatic rings. The molecule has 0 atom stereocenters. The Kier molecular flexibility index (Phi) is 6.15. The standard InChI is InChI=1S/C17H32O2/c18-13-17(14-19,11-15-7-3-1-4-8-15)12-16-9-5-2-6-10-16/h15-16,18-19H,1-14H2. The second-order valence-corrected chi connectivity index (χ2v) is 7.23. The Hall–Kier alpha value is -0.0800. The van der Waals surface area contributed by atoms with Crippen LogP contribution in [-0.4, -0.2) is 23.4 Å². The molecular weight excluding hydrogens is 236 g/mol. The van der Waals surface area contributed by atoms with Gasteiger partial charge in [-0.1, -0.05) is 64.2 Å². The van der Waals surface area contributed by atoms with Gasteiger partial charge >= 0.3 is 0 Å². The molecule has 0 aromatic heterocycles. The normalized spacial score (nSPS) is 23.7. The summed E-state index contributed by atoms with van der Waals surface area (Å²) < 4.78 is 0. The van der Waals surface area contributed by atoms with Crippen molar-refractivity contribution < 1.29 is 10.2 Å². The minimum atomic E-state index is -0.190. The lowest BCUT2D eigenvalue weighted by Gasteiger charge is -2.38. The van der Waals surface area contributed by atoms with Gasteiger partial charge in [-0.05, 0) is 24.7 Å². The number of rotatable bonds is 6. The predicted octanol–water partition coefficient (Wildman–Crippen LogP) is 3.90. The molecular formula is C17H32O2. The van der Waals surface area contributed by atoms with Crippen molar-refractivity contribution in [2.45, 2.75) is 77.0 Å². The first-order valence-corrected chi connectivity index (χ1v) is 8.50. The van der Waals surface area contributed by atoms with Crippen LogP contribution in [0.3, 0.4) is 0 Å². The summed E-state index contributed by atoms with van der Waals surface area (Å²) in [5.41, 5.74) is -0.190. The molecule has 2 nitrogen and oxygen atoms in total. The topological polar surface area (TPSA) is 40.5 Å². The molecule has 2 aliphatic rings. The Labute approximate surface area is 118 Å². The smallest absolute Gasteiger partial charge is 0.0509 e. The summed E-state index contributed by atoms with van der Waals surface area (Å²) in [5.74, 6) is 1.49. The summed E-state index contributed by atoms with van der Waals surface area (Å²) in [6.45, 7) is 0.354. The van der Waals surface area contributed by atoms with Gasteiger partial charge in [0, 0.05) is 5.41 Å². The average Bonchev–Trinajstić information content (AvgIpc) is 2.48. The van der Waals surface area contributed by atoms with Crippen LogP contribution >= 0.6 is 0 Å². The molecule has 0 aromatic carbocycles. The Morgan fingerprint density at radius 2 is 1.00 bits per heavy atom. The SMILES string of the molecule is OCC(CO)(CC1CCCCC1)CC1CCCCC1. The van der Waals surface area contributed by atoms with E-state index in [1.54, 1.807) is 0 Å². The number of hydrogen-bond acceptors (Lipinski definition) is 2. The van der Waals surface area contributed by atoms with Crippen LogP contribution in [0.2, 0.25) is 0 Å². The molecule has 2 saturated carbocycles. The minimum absolute atomic E-state index is 0.177. The van der Waals surface area contributed by atoms with E-state index in [-0.39, 0.29) is 18.6 Å². The van der Waals surface area contributed by atoms with Crippen LogP contribution in [0.4, 0.5) is 0 Å². The molecule has 2 aliphatic carbocycles. The largest absolute Gasteiger partial charge is 0.396 e. The third-order valence-electron chi connectivity index (χ3n) is 5.56. The van der Waals surface area contributed by atoms with Crippen molar-refractivity contribution in [1.82, 2.24) is 0 Å². The molecule has 0 unspecified atom stereocenters. The molecule has 0 amide bonds. The lowest BCUT2D eigenvalue weighted by atomic mass is 9.69. The number of aliphatic hydroxyl groups excluding tert-OH is 2. The second-order valence-electron chi connectivity index (χ2n) is 7.23. The van der Waals surface area contributed by atoms with Gasteiger partial charge in [-0.25, -0.2) is 0 Å². The Morgan fingerprint density at radius 1 is 0.632 bits per heavy atom. The molecule has 0 aliphatic heterocycles. The summed E-state index contributed by atoms with van der Waals surface area (Å²) in [4.78, 5) is 0. The molecule has 0 radical (unpaired) electrons. The molecule has 0 bridgehead atoms. The van der Waals surface area contributed by atoms with Gasteiger partial charge in [0.25, 0.3) is 0 Å². The van der Waals surface area contributed by atoms with Crippen LogP contribution < -0.4 is 0 Å². The summed E-state index contributed by atoms with van der Waals surface area (Å²) in [6, 6.07) is 0. The van der Waals surface area contributed by atoms with Crippen molar-refractivity contribution in [3.8, 4) is 0 Å². The third-order valence-corrected chi connectivity index (χ3v) is 5.56. The van der Waals surface area contributed by atoms with Crippen molar-refractivity contribution in [2.24, 2.45) is 17.3 Å². The maximum absolute atomic E-state index is 9.88. The summed E-state index contributed by atoms with van der Waals surface area (Å²) in [7, 11) is 0. The highest BCUT2D eigenvalue weighted by Crippen LogP contribution is 2.41. The van der Waals surface area contributed by atoms with Gasteiger partial charge in [-0.2, -0.15) is 0 Å². The van der Waals surface area contributed by atoms with Crippen molar-refractivity contribution >= 4 is 0 Å². The van der Waals surface area contributed by atoms with Crippen LogP contribution in [0.25, 0.3) is 0 Å². The minimum Gasteiger partial charge on any atom is -0.396 e. The van der Waals surface area contributed by atoms with Gasteiger partial charge in [0.15, 0.2) is 0 Å². The summed E-state index contributed by atoms with van der Waals surface area (Å²) >= 11 is 0. The van der Waals surface area contributed by atoms with E-state index in [1.165, 1.54) is 64.2 Å². The van der Waals surface area contributed by atoms with Gasteiger partial charge in [0.2, 0.25) is 0 Å². The zero-order chi connectivity index (χ0) is 13.6. The van der Waals surface area contributed by atoms with Crippen molar-refractivity contribution in [3.05, 3.63) is 0 Å². The molecule has 0 spiro atoms. The second kappa shape index (κ2) is 7.64. The van der Waals surface area contributed by atoms with Crippen molar-refractivity contribution in [1.29, 1.82) is 0 Å². The van der Waals surface area contributed by atoms with Gasteiger partial charge in [-0.3, -0.25) is 0 Å². The molecule has 112 valence electrons. The van der Waals surface area contributed by atoms with E-state index in [9.17, 15) is 10.2 Å². The first kappa shape index (κ1) is 15.3. The van der Waals surface area contributed by atoms with E-state index >= 15 is 0 Å². The van der Waals surface area contributed by atoms with Gasteiger partial charge in [0.1, 0.15) is 0 Å². The van der Waals surface area contributed by atoms with Crippen LogP contribution in [-0.2, 0) is 0 Å². The predicted molar refractivity (Wildman–Crippen MR) is 79.0 cm³/mol. The van der Waals surface area contributed by atoms with E-state index in [2.05, 4.69) is 0 Å². The quantitative estimate of drug-likeness (QED) is 0.767. The van der Waals surface area contributed by atoms with E-state index in [0.717, 1.165) is 24.7 Å². The Bertz CT molecular complexity index is 214. The highest BCUT2D eigenvalue weighted by atomic mass is 16.3. The molecule has 19 heavy (non-hydrogen) atoms. The van der Waals surface area contributed by atoms with Gasteiger partial charge in [0.05, 0.1) is 13.2 Å². The van der Waals surface area contributed by atoms with Crippen LogP contribution in [0.1, 0.15) is 77.0 Å². The van der Waals surface area contributed by atoms with E-state index in [4.69, 9.17) is 0 Å². The fourth-order valence-corrected chi connectivity index (χ4v) is 4.40. The van der Waals surface area contributed by atoms with E-state index in [1.807, 2.05) is 0 Å². The lowest BCUT2D eigenvalue weighted by Crippen LogP contribution is -2.35. The Morgan fingerprint density at radius 3 is 1.32 bits per heavy atom. The molecule has 2 N–H and O–H groups in total. The van der Waals surface area contributed by atoms with Crippen molar-refractivity contribution in [2.75, 3.05) is 13.2 Å². The molecule has 0 heterocycles. The van der Waals surface area contributed by atoms with Crippen molar-refractivity contribution in [3.63, 3.8) is 0 Å². The fourth-order valence-electron chi connectivity index (χ4n) is 4.40. The highest BCUT2D eigenvalue weighted by Gasteiger charge is 2.35. The number of aliphatic hydroxyl groups is 2. The maximum Gasteiger partial charge on any atom is 0.0509 e. The monoisotopic (exact) mass is 268 g/mol. The first-order chi connectivity index (χ1) is 9.28. The fraction of sp³-hybridized carbons (Fsp3) is 1.00. The van der Waals surface area contributed by atoms with Gasteiger partial charge in [-0.15, -0.1) is 0 Å². The maximum atomic E-state index is 9.88. The van der Waals surface area contributed by atoms with Crippen LogP contribution in [0.5, 0.6) is 0 Å². The summed E-state index contributed by atoms with van der Waals surface area (Å²) in [6.07, 6.45) is 15.5. The Balaban J connectivity index is 1.90. The molecule has 0 saturated heterocycles. The average molecular weight is 268 g/mol.